The maximum absolute atomic E-state index is 12.5. The van der Waals surface area contributed by atoms with Gasteiger partial charge in [0.15, 0.2) is 0 Å². The second kappa shape index (κ2) is 6.83. The monoisotopic (exact) mass is 318 g/mol. The number of aryl methyl sites for hydroxylation is 1. The van der Waals surface area contributed by atoms with Crippen molar-refractivity contribution in [3.63, 3.8) is 0 Å². The van der Waals surface area contributed by atoms with Gasteiger partial charge in [0, 0.05) is 24.5 Å². The molecule has 0 radical (unpaired) electrons. The zero-order chi connectivity index (χ0) is 16.2. The summed E-state index contributed by atoms with van der Waals surface area (Å²) in [4.78, 5) is 2.39. The zero-order valence-electron chi connectivity index (χ0n) is 13.2. The molecule has 0 atom stereocenters. The van der Waals surface area contributed by atoms with E-state index in [2.05, 4.69) is 23.5 Å². The van der Waals surface area contributed by atoms with Gasteiger partial charge in [-0.3, -0.25) is 4.72 Å². The molecule has 0 bridgehead atoms. The summed E-state index contributed by atoms with van der Waals surface area (Å²) in [7, 11) is -3.58. The first-order valence-electron chi connectivity index (χ1n) is 7.40. The van der Waals surface area contributed by atoms with Gasteiger partial charge in [-0.1, -0.05) is 23.8 Å². The smallest absolute Gasteiger partial charge is 0.261 e. The molecule has 22 heavy (non-hydrogen) atoms. The van der Waals surface area contributed by atoms with Crippen molar-refractivity contribution in [1.29, 1.82) is 0 Å². The predicted octanol–water partition coefficient (Wildman–Crippen LogP) is 3.64. The number of anilines is 2. The lowest BCUT2D eigenvalue weighted by atomic mass is 10.2. The lowest BCUT2D eigenvalue weighted by Crippen LogP contribution is -2.22. The summed E-state index contributed by atoms with van der Waals surface area (Å²) in [5, 5.41) is 0. The third-order valence-electron chi connectivity index (χ3n) is 3.56. The second-order valence-corrected chi connectivity index (χ2v) is 6.82. The van der Waals surface area contributed by atoms with Crippen LogP contribution in [0.5, 0.6) is 0 Å². The summed E-state index contributed by atoms with van der Waals surface area (Å²) in [6.07, 6.45) is 0. The van der Waals surface area contributed by atoms with Crippen molar-refractivity contribution in [2.24, 2.45) is 0 Å². The third-order valence-corrected chi connectivity index (χ3v) is 4.94. The molecule has 0 aliphatic rings. The Labute approximate surface area is 132 Å². The SMILES string of the molecule is CCN(CC)c1cccc(S(=O)(=O)Nc2ccc(C)cc2)c1. The molecule has 0 aliphatic heterocycles. The average molecular weight is 318 g/mol. The lowest BCUT2D eigenvalue weighted by molar-refractivity contribution is 0.601. The molecule has 0 aliphatic carbocycles. The van der Waals surface area contributed by atoms with Crippen LogP contribution in [0.15, 0.2) is 53.4 Å². The largest absolute Gasteiger partial charge is 0.372 e. The van der Waals surface area contributed by atoms with Gasteiger partial charge in [0.05, 0.1) is 4.90 Å². The summed E-state index contributed by atoms with van der Waals surface area (Å²) in [6, 6.07) is 14.3. The fraction of sp³-hybridized carbons (Fsp3) is 0.294. The van der Waals surface area contributed by atoms with E-state index >= 15 is 0 Å². The van der Waals surface area contributed by atoms with Crippen LogP contribution in [0.1, 0.15) is 19.4 Å². The van der Waals surface area contributed by atoms with Crippen LogP contribution in [0.3, 0.4) is 0 Å². The highest BCUT2D eigenvalue weighted by atomic mass is 32.2. The van der Waals surface area contributed by atoms with Gasteiger partial charge < -0.3 is 4.90 Å². The molecule has 118 valence electrons. The molecule has 5 heteroatoms. The summed E-state index contributed by atoms with van der Waals surface area (Å²) in [5.74, 6) is 0. The van der Waals surface area contributed by atoms with Crippen LogP contribution in [0.25, 0.3) is 0 Å². The zero-order valence-corrected chi connectivity index (χ0v) is 14.0. The number of hydrogen-bond acceptors (Lipinski definition) is 3. The highest BCUT2D eigenvalue weighted by Crippen LogP contribution is 2.21. The van der Waals surface area contributed by atoms with Gasteiger partial charge >= 0.3 is 0 Å². The summed E-state index contributed by atoms with van der Waals surface area (Å²) in [5.41, 5.74) is 2.57. The molecule has 4 nitrogen and oxygen atoms in total. The molecule has 1 N–H and O–H groups in total. The van der Waals surface area contributed by atoms with Crippen LogP contribution in [-0.4, -0.2) is 21.5 Å². The molecule has 0 heterocycles. The molecule has 2 rings (SSSR count). The number of rotatable bonds is 6. The van der Waals surface area contributed by atoms with Gasteiger partial charge in [-0.25, -0.2) is 8.42 Å². The minimum Gasteiger partial charge on any atom is -0.372 e. The molecule has 0 unspecified atom stereocenters. The Morgan fingerprint density at radius 2 is 1.64 bits per heavy atom. The van der Waals surface area contributed by atoms with E-state index in [1.54, 1.807) is 30.3 Å². The number of nitrogens with one attached hydrogen (secondary N) is 1. The van der Waals surface area contributed by atoms with Crippen LogP contribution in [0.4, 0.5) is 11.4 Å². The first kappa shape index (κ1) is 16.4. The summed E-state index contributed by atoms with van der Waals surface area (Å²) in [6.45, 7) is 7.74. The van der Waals surface area contributed by atoms with E-state index in [-0.39, 0.29) is 4.90 Å². The van der Waals surface area contributed by atoms with E-state index in [9.17, 15) is 8.42 Å². The van der Waals surface area contributed by atoms with Crippen molar-refractivity contribution >= 4 is 21.4 Å². The fourth-order valence-electron chi connectivity index (χ4n) is 2.27. The second-order valence-electron chi connectivity index (χ2n) is 5.14. The molecule has 2 aromatic carbocycles. The minimum absolute atomic E-state index is 0.275. The Bertz CT molecular complexity index is 721. The Morgan fingerprint density at radius 3 is 2.23 bits per heavy atom. The first-order chi connectivity index (χ1) is 10.5. The molecule has 0 fully saturated rings. The Morgan fingerprint density at radius 1 is 1.00 bits per heavy atom. The highest BCUT2D eigenvalue weighted by Gasteiger charge is 2.15. The van der Waals surface area contributed by atoms with Gasteiger partial charge in [-0.2, -0.15) is 0 Å². The molecular formula is C17H22N2O2S. The van der Waals surface area contributed by atoms with E-state index in [4.69, 9.17) is 0 Å². The van der Waals surface area contributed by atoms with E-state index in [1.165, 1.54) is 0 Å². The van der Waals surface area contributed by atoms with Crippen LogP contribution in [0, 0.1) is 6.92 Å². The summed E-state index contributed by atoms with van der Waals surface area (Å²) >= 11 is 0. The molecule has 0 saturated heterocycles. The highest BCUT2D eigenvalue weighted by molar-refractivity contribution is 7.92. The first-order valence-corrected chi connectivity index (χ1v) is 8.89. The van der Waals surface area contributed by atoms with Gasteiger partial charge in [-0.15, -0.1) is 0 Å². The van der Waals surface area contributed by atoms with Crippen LogP contribution >= 0.6 is 0 Å². The number of sulfonamides is 1. The average Bonchev–Trinajstić information content (AvgIpc) is 2.51. The number of benzene rings is 2. The standard InChI is InChI=1S/C17H22N2O2S/c1-4-19(5-2)16-7-6-8-17(13-16)22(20,21)18-15-11-9-14(3)10-12-15/h6-13,18H,4-5H2,1-3H3. The van der Waals surface area contributed by atoms with Crippen LogP contribution in [0.2, 0.25) is 0 Å². The fourth-order valence-corrected chi connectivity index (χ4v) is 3.37. The van der Waals surface area contributed by atoms with Crippen molar-refractivity contribution in [3.05, 3.63) is 54.1 Å². The molecular weight excluding hydrogens is 296 g/mol. The molecule has 0 saturated carbocycles. The van der Waals surface area contributed by atoms with Crippen LogP contribution in [-0.2, 0) is 10.0 Å². The number of nitrogens with zero attached hydrogens (tertiary/aromatic N) is 1. The van der Waals surface area contributed by atoms with E-state index < -0.39 is 10.0 Å². The summed E-state index contributed by atoms with van der Waals surface area (Å²) < 4.78 is 27.6. The Kier molecular flexibility index (Phi) is 5.08. The van der Waals surface area contributed by atoms with Crippen molar-refractivity contribution in [1.82, 2.24) is 0 Å². The molecule has 0 aromatic heterocycles. The predicted molar refractivity (Wildman–Crippen MR) is 92.0 cm³/mol. The van der Waals surface area contributed by atoms with Crippen molar-refractivity contribution in [3.8, 4) is 0 Å². The maximum atomic E-state index is 12.5. The van der Waals surface area contributed by atoms with Gasteiger partial charge in [0.2, 0.25) is 0 Å². The molecule has 0 amide bonds. The van der Waals surface area contributed by atoms with Crippen molar-refractivity contribution in [2.75, 3.05) is 22.7 Å². The topological polar surface area (TPSA) is 49.4 Å². The minimum atomic E-state index is -3.58. The van der Waals surface area contributed by atoms with Crippen LogP contribution < -0.4 is 9.62 Å². The Balaban J connectivity index is 2.29. The van der Waals surface area contributed by atoms with Crippen molar-refractivity contribution < 1.29 is 8.42 Å². The molecule has 2 aromatic rings. The Hall–Kier alpha value is -2.01. The normalized spacial score (nSPS) is 11.2. The van der Waals surface area contributed by atoms with E-state index in [1.807, 2.05) is 25.1 Å². The van der Waals surface area contributed by atoms with Gasteiger partial charge in [0.25, 0.3) is 10.0 Å². The van der Waals surface area contributed by atoms with Gasteiger partial charge in [-0.05, 0) is 51.1 Å². The van der Waals surface area contributed by atoms with E-state index in [0.717, 1.165) is 24.3 Å². The van der Waals surface area contributed by atoms with Gasteiger partial charge in [0.1, 0.15) is 0 Å². The third kappa shape index (κ3) is 3.80. The lowest BCUT2D eigenvalue weighted by Gasteiger charge is -2.21. The van der Waals surface area contributed by atoms with Crippen molar-refractivity contribution in [2.45, 2.75) is 25.7 Å². The quantitative estimate of drug-likeness (QED) is 0.884. The number of hydrogen-bond donors (Lipinski definition) is 1. The van der Waals surface area contributed by atoms with E-state index in [0.29, 0.717) is 5.69 Å². The molecule has 0 spiro atoms. The maximum Gasteiger partial charge on any atom is 0.261 e.